The highest BCUT2D eigenvalue weighted by Gasteiger charge is 2.11. The Morgan fingerprint density at radius 1 is 1.21 bits per heavy atom. The van der Waals surface area contributed by atoms with E-state index in [2.05, 4.69) is 5.32 Å². The van der Waals surface area contributed by atoms with E-state index in [1.54, 1.807) is 36.4 Å². The maximum absolute atomic E-state index is 12.1. The largest absolute Gasteiger partial charge is 0.399 e. The summed E-state index contributed by atoms with van der Waals surface area (Å²) in [4.78, 5) is 12.1. The molecule has 19 heavy (non-hydrogen) atoms. The van der Waals surface area contributed by atoms with Crippen LogP contribution in [0.3, 0.4) is 0 Å². The summed E-state index contributed by atoms with van der Waals surface area (Å²) in [5, 5.41) is 3.38. The first-order chi connectivity index (χ1) is 8.99. The van der Waals surface area contributed by atoms with E-state index in [1.807, 2.05) is 6.92 Å². The minimum absolute atomic E-state index is 0.289. The van der Waals surface area contributed by atoms with Gasteiger partial charge in [0, 0.05) is 22.1 Å². The van der Waals surface area contributed by atoms with Gasteiger partial charge in [0.05, 0.1) is 5.56 Å². The molecular weight excluding hydrogens is 262 g/mol. The first-order valence-corrected chi connectivity index (χ1v) is 6.08. The third kappa shape index (κ3) is 2.80. The van der Waals surface area contributed by atoms with Gasteiger partial charge in [0.15, 0.2) is 0 Å². The second kappa shape index (κ2) is 5.20. The predicted octanol–water partition coefficient (Wildman–Crippen LogP) is 3.07. The number of carbonyl (C=O) groups excluding carboxylic acids is 1. The van der Waals surface area contributed by atoms with E-state index in [-0.39, 0.29) is 5.91 Å². The summed E-state index contributed by atoms with van der Waals surface area (Å²) in [6, 6.07) is 10.1. The van der Waals surface area contributed by atoms with Crippen molar-refractivity contribution in [1.29, 1.82) is 0 Å². The molecule has 4 nitrogen and oxygen atoms in total. The molecule has 2 aromatic rings. The van der Waals surface area contributed by atoms with Crippen molar-refractivity contribution in [1.82, 2.24) is 0 Å². The van der Waals surface area contributed by atoms with Crippen LogP contribution >= 0.6 is 11.6 Å². The number of nitrogen functional groups attached to an aromatic ring is 2. The molecule has 98 valence electrons. The minimum atomic E-state index is -0.289. The molecule has 0 bridgehead atoms. The zero-order valence-corrected chi connectivity index (χ0v) is 11.2. The predicted molar refractivity (Wildman–Crippen MR) is 79.4 cm³/mol. The molecule has 5 heteroatoms. The molecule has 0 unspecified atom stereocenters. The molecule has 0 radical (unpaired) electrons. The van der Waals surface area contributed by atoms with Gasteiger partial charge in [-0.05, 0) is 42.8 Å². The van der Waals surface area contributed by atoms with E-state index in [0.717, 1.165) is 5.56 Å². The molecule has 0 atom stereocenters. The van der Waals surface area contributed by atoms with Crippen molar-refractivity contribution in [3.63, 3.8) is 0 Å². The lowest BCUT2D eigenvalue weighted by Crippen LogP contribution is -2.15. The summed E-state index contributed by atoms with van der Waals surface area (Å²) in [6.45, 7) is 1.84. The number of nitrogens with two attached hydrogens (primary N) is 2. The first-order valence-electron chi connectivity index (χ1n) is 5.70. The van der Waals surface area contributed by atoms with E-state index >= 15 is 0 Å². The molecule has 0 fully saturated rings. The lowest BCUT2D eigenvalue weighted by Gasteiger charge is -2.11. The van der Waals surface area contributed by atoms with Gasteiger partial charge >= 0.3 is 0 Å². The van der Waals surface area contributed by atoms with Crippen LogP contribution in [0.25, 0.3) is 0 Å². The van der Waals surface area contributed by atoms with E-state index in [9.17, 15) is 4.79 Å². The van der Waals surface area contributed by atoms with Gasteiger partial charge < -0.3 is 16.8 Å². The molecular formula is C14H14ClN3O. The van der Waals surface area contributed by atoms with Crippen LogP contribution in [0.15, 0.2) is 36.4 Å². The van der Waals surface area contributed by atoms with Crippen molar-refractivity contribution in [2.24, 2.45) is 0 Å². The molecule has 0 heterocycles. The smallest absolute Gasteiger partial charge is 0.257 e. The summed E-state index contributed by atoms with van der Waals surface area (Å²) in [6.07, 6.45) is 0. The molecule has 0 saturated heterocycles. The van der Waals surface area contributed by atoms with Gasteiger partial charge in [-0.15, -0.1) is 0 Å². The number of hydrogen-bond acceptors (Lipinski definition) is 3. The Kier molecular flexibility index (Phi) is 3.62. The number of rotatable bonds is 2. The molecule has 5 N–H and O–H groups in total. The number of hydrogen-bond donors (Lipinski definition) is 3. The summed E-state index contributed by atoms with van der Waals surface area (Å²) in [7, 11) is 0. The maximum atomic E-state index is 12.1. The second-order valence-corrected chi connectivity index (χ2v) is 4.62. The molecule has 0 spiro atoms. The zero-order chi connectivity index (χ0) is 14.0. The van der Waals surface area contributed by atoms with Crippen LogP contribution in [0.5, 0.6) is 0 Å². The van der Waals surface area contributed by atoms with Crippen molar-refractivity contribution < 1.29 is 4.79 Å². The molecule has 0 aliphatic heterocycles. The number of anilines is 3. The van der Waals surface area contributed by atoms with Gasteiger partial charge in [0.25, 0.3) is 5.91 Å². The highest BCUT2D eigenvalue weighted by Crippen LogP contribution is 2.24. The fourth-order valence-corrected chi connectivity index (χ4v) is 1.90. The maximum Gasteiger partial charge on any atom is 0.257 e. The van der Waals surface area contributed by atoms with Gasteiger partial charge in [-0.25, -0.2) is 0 Å². The Balaban J connectivity index is 2.28. The van der Waals surface area contributed by atoms with Crippen LogP contribution in [-0.2, 0) is 0 Å². The van der Waals surface area contributed by atoms with Crippen LogP contribution in [0, 0.1) is 6.92 Å². The van der Waals surface area contributed by atoms with Crippen LogP contribution in [0.4, 0.5) is 17.1 Å². The minimum Gasteiger partial charge on any atom is -0.399 e. The van der Waals surface area contributed by atoms with Crippen molar-refractivity contribution in [3.8, 4) is 0 Å². The van der Waals surface area contributed by atoms with E-state index in [1.165, 1.54) is 0 Å². The fraction of sp³-hybridized carbons (Fsp3) is 0.0714. The molecule has 0 aliphatic carbocycles. The van der Waals surface area contributed by atoms with E-state index in [0.29, 0.717) is 27.6 Å². The summed E-state index contributed by atoms with van der Waals surface area (Å²) >= 11 is 6.00. The second-order valence-electron chi connectivity index (χ2n) is 4.21. The standard InChI is InChI=1S/C14H14ClN3O/c1-8-11(15)3-2-4-13(8)18-14(19)10-6-5-9(16)7-12(10)17/h2-7H,16-17H2,1H3,(H,18,19). The number of amides is 1. The first kappa shape index (κ1) is 13.2. The molecule has 0 aliphatic rings. The highest BCUT2D eigenvalue weighted by molar-refractivity contribution is 6.31. The number of benzene rings is 2. The van der Waals surface area contributed by atoms with Crippen molar-refractivity contribution >= 4 is 34.6 Å². The lowest BCUT2D eigenvalue weighted by atomic mass is 10.1. The van der Waals surface area contributed by atoms with Crippen molar-refractivity contribution in [2.45, 2.75) is 6.92 Å². The van der Waals surface area contributed by atoms with Gasteiger partial charge in [0.1, 0.15) is 0 Å². The average molecular weight is 276 g/mol. The Morgan fingerprint density at radius 2 is 1.95 bits per heavy atom. The summed E-state index contributed by atoms with van der Waals surface area (Å²) in [5.74, 6) is -0.289. The van der Waals surface area contributed by atoms with E-state index in [4.69, 9.17) is 23.1 Å². The quantitative estimate of drug-likeness (QED) is 0.737. The van der Waals surface area contributed by atoms with E-state index < -0.39 is 0 Å². The summed E-state index contributed by atoms with van der Waals surface area (Å²) < 4.78 is 0. The molecule has 2 rings (SSSR count). The van der Waals surface area contributed by atoms with Crippen LogP contribution in [0.2, 0.25) is 5.02 Å². The lowest BCUT2D eigenvalue weighted by molar-refractivity contribution is 0.102. The highest BCUT2D eigenvalue weighted by atomic mass is 35.5. The molecule has 0 saturated carbocycles. The average Bonchev–Trinajstić information content (AvgIpc) is 2.34. The fourth-order valence-electron chi connectivity index (χ4n) is 1.72. The third-order valence-electron chi connectivity index (χ3n) is 2.84. The van der Waals surface area contributed by atoms with Crippen molar-refractivity contribution in [2.75, 3.05) is 16.8 Å². The topological polar surface area (TPSA) is 81.1 Å². The van der Waals surface area contributed by atoms with Crippen molar-refractivity contribution in [3.05, 3.63) is 52.5 Å². The summed E-state index contributed by atoms with van der Waals surface area (Å²) in [5.41, 5.74) is 14.1. The van der Waals surface area contributed by atoms with Crippen LogP contribution in [-0.4, -0.2) is 5.91 Å². The Labute approximate surface area is 116 Å². The monoisotopic (exact) mass is 275 g/mol. The van der Waals surface area contributed by atoms with Crippen LogP contribution < -0.4 is 16.8 Å². The van der Waals surface area contributed by atoms with Gasteiger partial charge in [-0.1, -0.05) is 17.7 Å². The Bertz CT molecular complexity index is 641. The normalized spacial score (nSPS) is 10.2. The number of halogens is 1. The van der Waals surface area contributed by atoms with Crippen LogP contribution in [0.1, 0.15) is 15.9 Å². The molecule has 2 aromatic carbocycles. The third-order valence-corrected chi connectivity index (χ3v) is 3.25. The Morgan fingerprint density at radius 3 is 2.63 bits per heavy atom. The van der Waals surface area contributed by atoms with Gasteiger partial charge in [-0.2, -0.15) is 0 Å². The molecule has 1 amide bonds. The van der Waals surface area contributed by atoms with Gasteiger partial charge in [-0.3, -0.25) is 4.79 Å². The van der Waals surface area contributed by atoms with Gasteiger partial charge in [0.2, 0.25) is 0 Å². The molecule has 0 aromatic heterocycles. The number of nitrogens with one attached hydrogen (secondary N) is 1. The Hall–Kier alpha value is -2.20. The SMILES string of the molecule is Cc1c(Cl)cccc1NC(=O)c1ccc(N)cc1N. The number of carbonyl (C=O) groups is 1. The zero-order valence-electron chi connectivity index (χ0n) is 10.4.